The molecule has 0 spiro atoms. The summed E-state index contributed by atoms with van der Waals surface area (Å²) >= 11 is 0. The largest absolute Gasteiger partial charge is 0.497 e. The smallest absolute Gasteiger partial charge is 0.126 e. The number of nitrogens with two attached hydrogens (primary N) is 1. The maximum absolute atomic E-state index is 6.28. The van der Waals surface area contributed by atoms with E-state index in [1.165, 1.54) is 0 Å². The summed E-state index contributed by atoms with van der Waals surface area (Å²) < 4.78 is 5.23. The second kappa shape index (κ2) is 5.45. The summed E-state index contributed by atoms with van der Waals surface area (Å²) in [7, 11) is 1.66. The molecule has 1 atom stereocenters. The molecule has 1 aromatic heterocycles. The summed E-state index contributed by atoms with van der Waals surface area (Å²) in [5, 5.41) is 0. The Morgan fingerprint density at radius 2 is 2.21 bits per heavy atom. The van der Waals surface area contributed by atoms with Crippen molar-refractivity contribution in [1.29, 1.82) is 0 Å². The highest BCUT2D eigenvalue weighted by Gasteiger charge is 2.23. The molecule has 0 fully saturated rings. The van der Waals surface area contributed by atoms with Crippen molar-refractivity contribution in [3.8, 4) is 17.0 Å². The average Bonchev–Trinajstić information content (AvgIpc) is 2.89. The van der Waals surface area contributed by atoms with Gasteiger partial charge in [0.1, 0.15) is 11.6 Å². The summed E-state index contributed by atoms with van der Waals surface area (Å²) in [4.78, 5) is 7.73. The van der Waals surface area contributed by atoms with Crippen molar-refractivity contribution >= 4 is 0 Å². The summed E-state index contributed by atoms with van der Waals surface area (Å²) in [6.07, 6.45) is 3.76. The van der Waals surface area contributed by atoms with Crippen LogP contribution in [0.25, 0.3) is 11.3 Å². The average molecular weight is 259 g/mol. The fourth-order valence-corrected chi connectivity index (χ4v) is 2.19. The van der Waals surface area contributed by atoms with E-state index in [1.807, 2.05) is 37.4 Å². The van der Waals surface area contributed by atoms with Crippen LogP contribution in [0.15, 0.2) is 30.5 Å². The second-order valence-corrected chi connectivity index (χ2v) is 5.04. The summed E-state index contributed by atoms with van der Waals surface area (Å²) in [6, 6.07) is 7.88. The van der Waals surface area contributed by atoms with Gasteiger partial charge in [-0.25, -0.2) is 4.98 Å². The molecular formula is C15H21N3O. The molecule has 0 saturated heterocycles. The normalized spacial score (nSPS) is 14.1. The van der Waals surface area contributed by atoms with Gasteiger partial charge in [0.25, 0.3) is 0 Å². The van der Waals surface area contributed by atoms with Gasteiger partial charge in [0, 0.05) is 5.56 Å². The van der Waals surface area contributed by atoms with Gasteiger partial charge in [-0.05, 0) is 25.5 Å². The number of hydrogen-bond acceptors (Lipinski definition) is 3. The molecule has 2 aromatic rings. The maximum Gasteiger partial charge on any atom is 0.126 e. The number of hydrogen-bond donors (Lipinski definition) is 2. The van der Waals surface area contributed by atoms with Crippen LogP contribution in [0.1, 0.15) is 32.5 Å². The molecule has 102 valence electrons. The zero-order valence-corrected chi connectivity index (χ0v) is 11.7. The monoisotopic (exact) mass is 259 g/mol. The Labute approximate surface area is 114 Å². The molecule has 0 saturated carbocycles. The molecule has 2 rings (SSSR count). The van der Waals surface area contributed by atoms with E-state index in [9.17, 15) is 0 Å². The molecule has 1 unspecified atom stereocenters. The first kappa shape index (κ1) is 13.6. The Hall–Kier alpha value is -1.81. The molecule has 0 aliphatic carbocycles. The molecule has 0 bridgehead atoms. The van der Waals surface area contributed by atoms with Gasteiger partial charge in [0.05, 0.1) is 24.5 Å². The molecule has 0 aliphatic heterocycles. The minimum absolute atomic E-state index is 0.411. The van der Waals surface area contributed by atoms with Crippen molar-refractivity contribution in [3.05, 3.63) is 36.3 Å². The minimum Gasteiger partial charge on any atom is -0.497 e. The topological polar surface area (TPSA) is 63.9 Å². The van der Waals surface area contributed by atoms with E-state index < -0.39 is 5.54 Å². The number of nitrogens with one attached hydrogen (secondary N) is 1. The highest BCUT2D eigenvalue weighted by Crippen LogP contribution is 2.26. The van der Waals surface area contributed by atoms with Gasteiger partial charge < -0.3 is 15.5 Å². The van der Waals surface area contributed by atoms with Gasteiger partial charge in [-0.1, -0.05) is 25.5 Å². The van der Waals surface area contributed by atoms with E-state index in [-0.39, 0.29) is 0 Å². The van der Waals surface area contributed by atoms with Crippen LogP contribution in [0.4, 0.5) is 0 Å². The Bertz CT molecular complexity index is 546. The maximum atomic E-state index is 6.28. The van der Waals surface area contributed by atoms with Gasteiger partial charge >= 0.3 is 0 Å². The first-order valence-corrected chi connectivity index (χ1v) is 6.55. The van der Waals surface area contributed by atoms with Crippen molar-refractivity contribution in [1.82, 2.24) is 9.97 Å². The second-order valence-electron chi connectivity index (χ2n) is 5.04. The van der Waals surface area contributed by atoms with Crippen molar-refractivity contribution < 1.29 is 4.74 Å². The summed E-state index contributed by atoms with van der Waals surface area (Å²) in [5.41, 5.74) is 7.87. The lowest BCUT2D eigenvalue weighted by molar-refractivity contribution is 0.415. The van der Waals surface area contributed by atoms with Gasteiger partial charge in [0.15, 0.2) is 0 Å². The number of ether oxygens (including phenoxy) is 1. The lowest BCUT2D eigenvalue weighted by Crippen LogP contribution is -2.34. The lowest BCUT2D eigenvalue weighted by Gasteiger charge is -2.21. The predicted octanol–water partition coefficient (Wildman–Crippen LogP) is 3.06. The quantitative estimate of drug-likeness (QED) is 0.867. The highest BCUT2D eigenvalue weighted by molar-refractivity contribution is 5.60. The number of benzene rings is 1. The molecule has 1 heterocycles. The number of imidazole rings is 1. The van der Waals surface area contributed by atoms with E-state index in [2.05, 4.69) is 16.9 Å². The third-order valence-electron chi connectivity index (χ3n) is 3.27. The van der Waals surface area contributed by atoms with Crippen LogP contribution in [0.5, 0.6) is 5.75 Å². The molecule has 3 N–H and O–H groups in total. The van der Waals surface area contributed by atoms with E-state index in [0.29, 0.717) is 0 Å². The van der Waals surface area contributed by atoms with Gasteiger partial charge in [0.2, 0.25) is 0 Å². The van der Waals surface area contributed by atoms with Crippen LogP contribution in [0.2, 0.25) is 0 Å². The van der Waals surface area contributed by atoms with E-state index in [1.54, 1.807) is 7.11 Å². The van der Waals surface area contributed by atoms with Crippen LogP contribution in [-0.4, -0.2) is 17.1 Å². The van der Waals surface area contributed by atoms with Crippen molar-refractivity contribution in [2.75, 3.05) is 7.11 Å². The van der Waals surface area contributed by atoms with Crippen LogP contribution >= 0.6 is 0 Å². The van der Waals surface area contributed by atoms with Crippen LogP contribution < -0.4 is 10.5 Å². The number of nitrogens with zero attached hydrogens (tertiary/aromatic N) is 1. The Morgan fingerprint density at radius 3 is 2.89 bits per heavy atom. The summed E-state index contributed by atoms with van der Waals surface area (Å²) in [5.74, 6) is 1.66. The molecular weight excluding hydrogens is 238 g/mol. The molecule has 0 amide bonds. The Kier molecular flexibility index (Phi) is 3.90. The zero-order chi connectivity index (χ0) is 13.9. The molecule has 4 nitrogen and oxygen atoms in total. The molecule has 19 heavy (non-hydrogen) atoms. The van der Waals surface area contributed by atoms with E-state index in [0.717, 1.165) is 35.7 Å². The standard InChI is InChI=1S/C15H21N3O/c1-4-8-15(2,16)14-17-10-13(18-14)11-6-5-7-12(9-11)19-3/h5-7,9-10H,4,8,16H2,1-3H3,(H,17,18). The first-order valence-electron chi connectivity index (χ1n) is 6.55. The molecule has 1 aromatic carbocycles. The Morgan fingerprint density at radius 1 is 1.42 bits per heavy atom. The fourth-order valence-electron chi connectivity index (χ4n) is 2.19. The van der Waals surface area contributed by atoms with Gasteiger partial charge in [-0.2, -0.15) is 0 Å². The number of rotatable bonds is 5. The van der Waals surface area contributed by atoms with E-state index in [4.69, 9.17) is 10.5 Å². The fraction of sp³-hybridized carbons (Fsp3) is 0.400. The highest BCUT2D eigenvalue weighted by atomic mass is 16.5. The first-order chi connectivity index (χ1) is 9.06. The van der Waals surface area contributed by atoms with Crippen molar-refractivity contribution in [2.45, 2.75) is 32.2 Å². The third-order valence-corrected chi connectivity index (χ3v) is 3.27. The number of aromatic amines is 1. The number of methoxy groups -OCH3 is 1. The SMILES string of the molecule is CCCC(C)(N)c1ncc(-c2cccc(OC)c2)[nH]1. The zero-order valence-electron chi connectivity index (χ0n) is 11.7. The van der Waals surface area contributed by atoms with Crippen LogP contribution in [-0.2, 0) is 5.54 Å². The van der Waals surface area contributed by atoms with E-state index >= 15 is 0 Å². The van der Waals surface area contributed by atoms with Crippen LogP contribution in [0.3, 0.4) is 0 Å². The number of aromatic nitrogens is 2. The predicted molar refractivity (Wildman–Crippen MR) is 77.0 cm³/mol. The van der Waals surface area contributed by atoms with Crippen molar-refractivity contribution in [2.24, 2.45) is 5.73 Å². The molecule has 0 aliphatic rings. The lowest BCUT2D eigenvalue weighted by atomic mass is 9.97. The third kappa shape index (κ3) is 2.96. The molecule has 0 radical (unpaired) electrons. The number of H-pyrrole nitrogens is 1. The van der Waals surface area contributed by atoms with Crippen molar-refractivity contribution in [3.63, 3.8) is 0 Å². The summed E-state index contributed by atoms with van der Waals surface area (Å²) in [6.45, 7) is 4.13. The van der Waals surface area contributed by atoms with Gasteiger partial charge in [-0.15, -0.1) is 0 Å². The van der Waals surface area contributed by atoms with Gasteiger partial charge in [-0.3, -0.25) is 0 Å². The van der Waals surface area contributed by atoms with Crippen LogP contribution in [0, 0.1) is 0 Å². The Balaban J connectivity index is 2.30. The molecule has 4 heteroatoms. The minimum atomic E-state index is -0.411.